The van der Waals surface area contributed by atoms with Crippen molar-refractivity contribution in [1.29, 1.82) is 0 Å². The predicted molar refractivity (Wildman–Crippen MR) is 62.5 cm³/mol. The smallest absolute Gasteiger partial charge is 0.422 e. The molecule has 0 atom stereocenters. The number of hydrogen-bond donors (Lipinski definition) is 0. The number of hydrogen-bond acceptors (Lipinski definition) is 4. The topological polar surface area (TPSA) is 51.7 Å². The lowest BCUT2D eigenvalue weighted by Crippen LogP contribution is -2.41. The van der Waals surface area contributed by atoms with Crippen LogP contribution in [-0.4, -0.2) is 54.9 Å². The van der Waals surface area contributed by atoms with Gasteiger partial charge in [0.15, 0.2) is 6.61 Å². The number of alkyl halides is 3. The normalized spacial score (nSPS) is 16.1. The zero-order valence-corrected chi connectivity index (χ0v) is 10.5. The summed E-state index contributed by atoms with van der Waals surface area (Å²) >= 11 is 0. The van der Waals surface area contributed by atoms with Crippen molar-refractivity contribution in [2.45, 2.75) is 6.18 Å². The van der Waals surface area contributed by atoms with Crippen LogP contribution in [0.4, 0.5) is 13.2 Å². The summed E-state index contributed by atoms with van der Waals surface area (Å²) in [6.07, 6.45) is -3.20. The van der Waals surface area contributed by atoms with Crippen molar-refractivity contribution < 1.29 is 27.4 Å². The van der Waals surface area contributed by atoms with Crippen LogP contribution in [0, 0.1) is 0 Å². The van der Waals surface area contributed by atoms with E-state index in [1.54, 1.807) is 0 Å². The fourth-order valence-electron chi connectivity index (χ4n) is 1.76. The monoisotopic (exact) mass is 290 g/mol. The first-order valence-electron chi connectivity index (χ1n) is 5.99. The Morgan fingerprint density at radius 2 is 2.10 bits per heavy atom. The second kappa shape index (κ2) is 6.08. The maximum atomic E-state index is 12.2. The fraction of sp³-hybridized carbons (Fsp3) is 0.500. The molecular weight excluding hydrogens is 277 g/mol. The number of pyridine rings is 1. The quantitative estimate of drug-likeness (QED) is 0.846. The number of ether oxygens (including phenoxy) is 2. The van der Waals surface area contributed by atoms with Gasteiger partial charge in [0, 0.05) is 19.3 Å². The van der Waals surface area contributed by atoms with Crippen molar-refractivity contribution in [1.82, 2.24) is 9.88 Å². The minimum absolute atomic E-state index is 0.0265. The van der Waals surface area contributed by atoms with Crippen LogP contribution in [0.2, 0.25) is 0 Å². The predicted octanol–water partition coefficient (Wildman–Crippen LogP) is 1.50. The Hall–Kier alpha value is -1.83. The van der Waals surface area contributed by atoms with Crippen LogP contribution in [0.15, 0.2) is 18.3 Å². The van der Waals surface area contributed by atoms with Gasteiger partial charge in [0.25, 0.3) is 5.91 Å². The van der Waals surface area contributed by atoms with Crippen LogP contribution in [-0.2, 0) is 4.74 Å². The van der Waals surface area contributed by atoms with E-state index in [1.807, 2.05) is 0 Å². The first-order chi connectivity index (χ1) is 9.47. The Balaban J connectivity index is 2.12. The zero-order chi connectivity index (χ0) is 14.6. The molecule has 0 aliphatic carbocycles. The van der Waals surface area contributed by atoms with E-state index >= 15 is 0 Å². The summed E-state index contributed by atoms with van der Waals surface area (Å²) in [5.74, 6) is -0.708. The Kier molecular flexibility index (Phi) is 4.43. The van der Waals surface area contributed by atoms with Gasteiger partial charge in [-0.05, 0) is 12.1 Å². The molecule has 0 aromatic carbocycles. The van der Waals surface area contributed by atoms with E-state index in [1.165, 1.54) is 23.2 Å². The molecule has 20 heavy (non-hydrogen) atoms. The minimum Gasteiger partial charge on any atom is -0.467 e. The number of aromatic nitrogens is 1. The summed E-state index contributed by atoms with van der Waals surface area (Å²) in [4.78, 5) is 17.4. The molecule has 110 valence electrons. The van der Waals surface area contributed by atoms with E-state index in [-0.39, 0.29) is 11.4 Å². The Bertz CT molecular complexity index is 473. The third kappa shape index (κ3) is 3.83. The molecular formula is C12H13F3N2O3. The summed E-state index contributed by atoms with van der Waals surface area (Å²) in [5, 5.41) is 0. The molecule has 1 aromatic rings. The van der Waals surface area contributed by atoms with E-state index in [9.17, 15) is 18.0 Å². The summed E-state index contributed by atoms with van der Waals surface area (Å²) in [6, 6.07) is 2.88. The summed E-state index contributed by atoms with van der Waals surface area (Å²) in [6.45, 7) is 0.127. The molecule has 0 unspecified atom stereocenters. The average Bonchev–Trinajstić information content (AvgIpc) is 2.45. The van der Waals surface area contributed by atoms with Gasteiger partial charge < -0.3 is 14.4 Å². The fourth-order valence-corrected chi connectivity index (χ4v) is 1.76. The molecule has 8 heteroatoms. The van der Waals surface area contributed by atoms with Crippen LogP contribution in [0.1, 0.15) is 10.4 Å². The van der Waals surface area contributed by atoms with Crippen molar-refractivity contribution >= 4 is 5.91 Å². The van der Waals surface area contributed by atoms with Gasteiger partial charge in [-0.15, -0.1) is 0 Å². The molecule has 1 aliphatic rings. The number of halogens is 3. The molecule has 1 aromatic heterocycles. The highest BCUT2D eigenvalue weighted by Crippen LogP contribution is 2.21. The maximum absolute atomic E-state index is 12.2. The third-order valence-electron chi connectivity index (χ3n) is 2.67. The molecule has 0 spiro atoms. The lowest BCUT2D eigenvalue weighted by Gasteiger charge is -2.27. The molecule has 0 saturated carbocycles. The summed E-state index contributed by atoms with van der Waals surface area (Å²) < 4.78 is 46.2. The number of amides is 1. The van der Waals surface area contributed by atoms with E-state index < -0.39 is 18.7 Å². The first-order valence-corrected chi connectivity index (χ1v) is 5.99. The highest BCUT2D eigenvalue weighted by Gasteiger charge is 2.30. The Morgan fingerprint density at radius 1 is 1.40 bits per heavy atom. The van der Waals surface area contributed by atoms with Crippen molar-refractivity contribution in [2.24, 2.45) is 0 Å². The molecule has 1 saturated heterocycles. The van der Waals surface area contributed by atoms with Crippen LogP contribution < -0.4 is 4.74 Å². The number of morpholine rings is 1. The van der Waals surface area contributed by atoms with Gasteiger partial charge in [-0.1, -0.05) is 0 Å². The SMILES string of the molecule is O=C(c1cccnc1OCC(F)(F)F)N1CCOCC1. The Morgan fingerprint density at radius 3 is 2.75 bits per heavy atom. The van der Waals surface area contributed by atoms with E-state index in [0.29, 0.717) is 26.3 Å². The van der Waals surface area contributed by atoms with Crippen molar-refractivity contribution in [3.8, 4) is 5.88 Å². The molecule has 2 rings (SSSR count). The average molecular weight is 290 g/mol. The Labute approximate surface area is 113 Å². The molecule has 5 nitrogen and oxygen atoms in total. The second-order valence-corrected chi connectivity index (χ2v) is 4.16. The lowest BCUT2D eigenvalue weighted by molar-refractivity contribution is -0.154. The van der Waals surface area contributed by atoms with Gasteiger partial charge in [0.1, 0.15) is 5.56 Å². The molecule has 0 bridgehead atoms. The highest BCUT2D eigenvalue weighted by atomic mass is 19.4. The van der Waals surface area contributed by atoms with E-state index in [2.05, 4.69) is 9.72 Å². The standard InChI is InChI=1S/C12H13F3N2O3/c13-12(14,15)8-20-10-9(2-1-3-16-10)11(18)17-4-6-19-7-5-17/h1-3H,4-8H2. The van der Waals surface area contributed by atoms with Gasteiger partial charge in [0.2, 0.25) is 5.88 Å². The molecule has 0 N–H and O–H groups in total. The molecule has 0 radical (unpaired) electrons. The van der Waals surface area contributed by atoms with E-state index in [4.69, 9.17) is 4.74 Å². The molecule has 2 heterocycles. The minimum atomic E-state index is -4.48. The van der Waals surface area contributed by atoms with Crippen LogP contribution >= 0.6 is 0 Å². The summed E-state index contributed by atoms with van der Waals surface area (Å²) in [5.41, 5.74) is 0.0265. The number of carbonyl (C=O) groups excluding carboxylic acids is 1. The van der Waals surface area contributed by atoms with Gasteiger partial charge in [0.05, 0.1) is 13.2 Å². The van der Waals surface area contributed by atoms with E-state index in [0.717, 1.165) is 0 Å². The van der Waals surface area contributed by atoms with Crippen molar-refractivity contribution in [3.05, 3.63) is 23.9 Å². The van der Waals surface area contributed by atoms with Gasteiger partial charge in [-0.3, -0.25) is 4.79 Å². The van der Waals surface area contributed by atoms with Crippen LogP contribution in [0.5, 0.6) is 5.88 Å². The van der Waals surface area contributed by atoms with Crippen LogP contribution in [0.3, 0.4) is 0 Å². The van der Waals surface area contributed by atoms with Gasteiger partial charge >= 0.3 is 6.18 Å². The molecule has 1 fully saturated rings. The molecule has 1 aliphatic heterocycles. The summed E-state index contributed by atoms with van der Waals surface area (Å²) in [7, 11) is 0. The maximum Gasteiger partial charge on any atom is 0.422 e. The lowest BCUT2D eigenvalue weighted by atomic mass is 10.2. The van der Waals surface area contributed by atoms with Crippen molar-refractivity contribution in [2.75, 3.05) is 32.9 Å². The van der Waals surface area contributed by atoms with Crippen LogP contribution in [0.25, 0.3) is 0 Å². The van der Waals surface area contributed by atoms with Gasteiger partial charge in [-0.2, -0.15) is 13.2 Å². The number of nitrogens with zero attached hydrogens (tertiary/aromatic N) is 2. The van der Waals surface area contributed by atoms with Crippen molar-refractivity contribution in [3.63, 3.8) is 0 Å². The molecule has 1 amide bonds. The highest BCUT2D eigenvalue weighted by molar-refractivity contribution is 5.96. The first kappa shape index (κ1) is 14.6. The third-order valence-corrected chi connectivity index (χ3v) is 2.67. The number of rotatable bonds is 3. The van der Waals surface area contributed by atoms with Gasteiger partial charge in [-0.25, -0.2) is 4.98 Å². The number of carbonyl (C=O) groups is 1. The second-order valence-electron chi connectivity index (χ2n) is 4.16. The zero-order valence-electron chi connectivity index (χ0n) is 10.5. The largest absolute Gasteiger partial charge is 0.467 e.